The summed E-state index contributed by atoms with van der Waals surface area (Å²) < 4.78 is 0. The average molecular weight is 328 g/mol. The Bertz CT molecular complexity index is 591. The van der Waals surface area contributed by atoms with E-state index >= 15 is 0 Å². The summed E-state index contributed by atoms with van der Waals surface area (Å²) in [5, 5.41) is 3.27. The lowest BCUT2D eigenvalue weighted by molar-refractivity contribution is 0.311. The number of likely N-dealkylation sites (N-methyl/N-ethyl adjacent to an activating group) is 1. The molecule has 0 atom stereocenters. The molecule has 0 saturated carbocycles. The standard InChI is InChI=1S/C18H28N6/c1-4-8-19-18-20-16-15(7-6-10-23(16)9-5-2)17(21-18)24-13-11-22(3)12-14-24/h4-5H,1-2,6-14H2,3H3,(H,19,20,21). The Balaban J connectivity index is 1.97. The number of nitrogens with zero attached hydrogens (tertiary/aromatic N) is 5. The molecule has 0 aliphatic carbocycles. The Labute approximate surface area is 144 Å². The molecule has 2 aliphatic rings. The molecule has 1 saturated heterocycles. The van der Waals surface area contributed by atoms with Gasteiger partial charge >= 0.3 is 0 Å². The fourth-order valence-corrected chi connectivity index (χ4v) is 3.35. The molecular weight excluding hydrogens is 300 g/mol. The van der Waals surface area contributed by atoms with Crippen molar-refractivity contribution in [3.63, 3.8) is 0 Å². The maximum atomic E-state index is 4.85. The van der Waals surface area contributed by atoms with E-state index < -0.39 is 0 Å². The van der Waals surface area contributed by atoms with Crippen LogP contribution in [0, 0.1) is 0 Å². The lowest BCUT2D eigenvalue weighted by atomic mass is 10.0. The van der Waals surface area contributed by atoms with Gasteiger partial charge in [-0.25, -0.2) is 0 Å². The molecule has 0 bridgehead atoms. The van der Waals surface area contributed by atoms with E-state index in [4.69, 9.17) is 9.97 Å². The third-order valence-corrected chi connectivity index (χ3v) is 4.67. The van der Waals surface area contributed by atoms with Crippen LogP contribution in [0.5, 0.6) is 0 Å². The van der Waals surface area contributed by atoms with Crippen molar-refractivity contribution in [2.75, 3.05) is 68.0 Å². The minimum absolute atomic E-state index is 0.669. The molecule has 1 fully saturated rings. The van der Waals surface area contributed by atoms with Gasteiger partial charge in [-0.05, 0) is 19.9 Å². The van der Waals surface area contributed by atoms with Crippen molar-refractivity contribution >= 4 is 17.6 Å². The Morgan fingerprint density at radius 1 is 1.04 bits per heavy atom. The third kappa shape index (κ3) is 3.53. The quantitative estimate of drug-likeness (QED) is 0.803. The van der Waals surface area contributed by atoms with Crippen molar-refractivity contribution < 1.29 is 0 Å². The zero-order valence-corrected chi connectivity index (χ0v) is 14.7. The number of hydrogen-bond donors (Lipinski definition) is 1. The van der Waals surface area contributed by atoms with Crippen molar-refractivity contribution in [3.8, 4) is 0 Å². The smallest absolute Gasteiger partial charge is 0.226 e. The summed E-state index contributed by atoms with van der Waals surface area (Å²) in [6.45, 7) is 14.4. The molecular formula is C18H28N6. The molecule has 0 unspecified atom stereocenters. The second-order valence-electron chi connectivity index (χ2n) is 6.47. The van der Waals surface area contributed by atoms with Gasteiger partial charge in [0.05, 0.1) is 0 Å². The number of aromatic nitrogens is 2. The summed E-state index contributed by atoms with van der Waals surface area (Å²) in [6.07, 6.45) is 5.97. The molecule has 24 heavy (non-hydrogen) atoms. The van der Waals surface area contributed by atoms with Gasteiger partial charge in [0, 0.05) is 51.4 Å². The molecule has 3 heterocycles. The van der Waals surface area contributed by atoms with Crippen LogP contribution in [0.3, 0.4) is 0 Å². The zero-order valence-electron chi connectivity index (χ0n) is 14.7. The predicted molar refractivity (Wildman–Crippen MR) is 101 cm³/mol. The summed E-state index contributed by atoms with van der Waals surface area (Å²) in [4.78, 5) is 16.7. The number of rotatable bonds is 6. The second kappa shape index (κ2) is 7.66. The zero-order chi connectivity index (χ0) is 16.9. The first kappa shape index (κ1) is 16.8. The molecule has 0 radical (unpaired) electrons. The lowest BCUT2D eigenvalue weighted by Crippen LogP contribution is -2.45. The van der Waals surface area contributed by atoms with E-state index in [0.717, 1.165) is 63.7 Å². The summed E-state index contributed by atoms with van der Waals surface area (Å²) >= 11 is 0. The van der Waals surface area contributed by atoms with E-state index in [1.807, 2.05) is 12.2 Å². The minimum Gasteiger partial charge on any atom is -0.354 e. The first-order chi connectivity index (χ1) is 11.7. The molecule has 6 heteroatoms. The number of hydrogen-bond acceptors (Lipinski definition) is 6. The van der Waals surface area contributed by atoms with Gasteiger partial charge in [0.1, 0.15) is 11.6 Å². The molecule has 1 aromatic rings. The van der Waals surface area contributed by atoms with E-state index in [0.29, 0.717) is 12.5 Å². The largest absolute Gasteiger partial charge is 0.354 e. The Kier molecular flexibility index (Phi) is 5.35. The molecule has 3 rings (SSSR count). The molecule has 1 N–H and O–H groups in total. The first-order valence-corrected chi connectivity index (χ1v) is 8.78. The fourth-order valence-electron chi connectivity index (χ4n) is 3.35. The van der Waals surface area contributed by atoms with Gasteiger partial charge in [0.15, 0.2) is 0 Å². The fraction of sp³-hybridized carbons (Fsp3) is 0.556. The third-order valence-electron chi connectivity index (χ3n) is 4.67. The van der Waals surface area contributed by atoms with Crippen LogP contribution in [0.25, 0.3) is 0 Å². The van der Waals surface area contributed by atoms with Crippen LogP contribution in [0.4, 0.5) is 17.6 Å². The minimum atomic E-state index is 0.669. The van der Waals surface area contributed by atoms with Crippen LogP contribution >= 0.6 is 0 Å². The van der Waals surface area contributed by atoms with Crippen LogP contribution in [-0.2, 0) is 6.42 Å². The maximum Gasteiger partial charge on any atom is 0.226 e. The van der Waals surface area contributed by atoms with Crippen LogP contribution in [-0.4, -0.2) is 67.7 Å². The van der Waals surface area contributed by atoms with Crippen molar-refractivity contribution in [1.29, 1.82) is 0 Å². The SMILES string of the molecule is C=CCNc1nc2c(c(N3CCN(C)CC3)n1)CCCN2CC=C. The highest BCUT2D eigenvalue weighted by Gasteiger charge is 2.26. The number of piperazine rings is 1. The van der Waals surface area contributed by atoms with E-state index in [1.165, 1.54) is 5.56 Å². The van der Waals surface area contributed by atoms with E-state index in [1.54, 1.807) is 0 Å². The monoisotopic (exact) mass is 328 g/mol. The summed E-state index contributed by atoms with van der Waals surface area (Å²) in [5.41, 5.74) is 1.29. The van der Waals surface area contributed by atoms with Crippen molar-refractivity contribution in [2.45, 2.75) is 12.8 Å². The molecule has 0 spiro atoms. The van der Waals surface area contributed by atoms with Crippen LogP contribution < -0.4 is 15.1 Å². The van der Waals surface area contributed by atoms with Crippen molar-refractivity contribution in [3.05, 3.63) is 30.9 Å². The van der Waals surface area contributed by atoms with Gasteiger partial charge in [-0.1, -0.05) is 12.2 Å². The van der Waals surface area contributed by atoms with E-state index in [-0.39, 0.29) is 0 Å². The number of anilines is 3. The molecule has 2 aliphatic heterocycles. The maximum absolute atomic E-state index is 4.85. The highest BCUT2D eigenvalue weighted by Crippen LogP contribution is 2.33. The van der Waals surface area contributed by atoms with Gasteiger partial charge in [0.25, 0.3) is 0 Å². The average Bonchev–Trinajstić information content (AvgIpc) is 2.61. The highest BCUT2D eigenvalue weighted by molar-refractivity contribution is 5.65. The van der Waals surface area contributed by atoms with Gasteiger partial charge in [-0.15, -0.1) is 13.2 Å². The van der Waals surface area contributed by atoms with Gasteiger partial charge < -0.3 is 20.0 Å². The molecule has 0 amide bonds. The van der Waals surface area contributed by atoms with Crippen LogP contribution in [0.15, 0.2) is 25.3 Å². The predicted octanol–water partition coefficient (Wildman–Crippen LogP) is 1.76. The van der Waals surface area contributed by atoms with Gasteiger partial charge in [-0.2, -0.15) is 9.97 Å². The Hall–Kier alpha value is -2.08. The van der Waals surface area contributed by atoms with Crippen molar-refractivity contribution in [2.24, 2.45) is 0 Å². The lowest BCUT2D eigenvalue weighted by Gasteiger charge is -2.37. The van der Waals surface area contributed by atoms with E-state index in [2.05, 4.69) is 40.2 Å². The summed E-state index contributed by atoms with van der Waals surface area (Å²) in [6, 6.07) is 0. The van der Waals surface area contributed by atoms with E-state index in [9.17, 15) is 0 Å². The van der Waals surface area contributed by atoms with Gasteiger partial charge in [0.2, 0.25) is 5.95 Å². The highest BCUT2D eigenvalue weighted by atomic mass is 15.3. The molecule has 1 aromatic heterocycles. The van der Waals surface area contributed by atoms with Crippen LogP contribution in [0.2, 0.25) is 0 Å². The topological polar surface area (TPSA) is 47.5 Å². The molecule has 0 aromatic carbocycles. The summed E-state index contributed by atoms with van der Waals surface area (Å²) in [7, 11) is 2.18. The van der Waals surface area contributed by atoms with Gasteiger partial charge in [-0.3, -0.25) is 0 Å². The Morgan fingerprint density at radius 2 is 1.79 bits per heavy atom. The number of fused-ring (bicyclic) bond motifs is 1. The molecule has 130 valence electrons. The normalized spacial score (nSPS) is 18.2. The second-order valence-corrected chi connectivity index (χ2v) is 6.47. The molecule has 6 nitrogen and oxygen atoms in total. The summed E-state index contributed by atoms with van der Waals surface area (Å²) in [5.74, 6) is 2.86. The number of nitrogens with one attached hydrogen (secondary N) is 1. The van der Waals surface area contributed by atoms with Crippen molar-refractivity contribution in [1.82, 2.24) is 14.9 Å². The van der Waals surface area contributed by atoms with Crippen LogP contribution in [0.1, 0.15) is 12.0 Å². The Morgan fingerprint density at radius 3 is 2.50 bits per heavy atom. The first-order valence-electron chi connectivity index (χ1n) is 8.78.